The predicted molar refractivity (Wildman–Crippen MR) is 84.2 cm³/mol. The Morgan fingerprint density at radius 1 is 1.14 bits per heavy atom. The van der Waals surface area contributed by atoms with Crippen LogP contribution in [-0.2, 0) is 11.2 Å². The second-order valence-corrected chi connectivity index (χ2v) is 6.83. The van der Waals surface area contributed by atoms with Crippen molar-refractivity contribution in [2.24, 2.45) is 0 Å². The molecule has 0 saturated carbocycles. The first-order valence-corrected chi connectivity index (χ1v) is 8.18. The normalized spacial score (nSPS) is 15.1. The fourth-order valence-corrected chi connectivity index (χ4v) is 3.50. The second-order valence-electron chi connectivity index (χ2n) is 5.03. The second kappa shape index (κ2) is 6.54. The van der Waals surface area contributed by atoms with E-state index in [1.807, 2.05) is 6.07 Å². The molecule has 0 spiro atoms. The molecule has 1 fully saturated rings. The van der Waals surface area contributed by atoms with Crippen LogP contribution in [0, 0.1) is 0 Å². The van der Waals surface area contributed by atoms with Crippen molar-refractivity contribution >= 4 is 34.8 Å². The molecule has 22 heavy (non-hydrogen) atoms. The van der Waals surface area contributed by atoms with Gasteiger partial charge in [-0.05, 0) is 24.3 Å². The number of halogens is 1. The van der Waals surface area contributed by atoms with Crippen molar-refractivity contribution in [3.8, 4) is 0 Å². The molecule has 2 amide bonds. The fraction of sp³-hybridized carbons (Fsp3) is 0.333. The number of hydrogen-bond acceptors (Lipinski definition) is 4. The first-order chi connectivity index (χ1) is 10.6. The highest BCUT2D eigenvalue weighted by molar-refractivity contribution is 7.16. The van der Waals surface area contributed by atoms with E-state index in [4.69, 9.17) is 16.0 Å². The van der Waals surface area contributed by atoms with E-state index in [0.717, 1.165) is 4.88 Å². The molecule has 1 saturated heterocycles. The largest absolute Gasteiger partial charge is 0.459 e. The average molecular weight is 339 g/mol. The Morgan fingerprint density at radius 3 is 2.45 bits per heavy atom. The maximum Gasteiger partial charge on any atom is 0.289 e. The summed E-state index contributed by atoms with van der Waals surface area (Å²) in [6.45, 7) is 2.14. The molecule has 2 aromatic heterocycles. The van der Waals surface area contributed by atoms with Crippen LogP contribution in [0.2, 0.25) is 4.34 Å². The number of carbonyl (C=O) groups is 2. The predicted octanol–water partition coefficient (Wildman–Crippen LogP) is 2.52. The van der Waals surface area contributed by atoms with Gasteiger partial charge in [-0.1, -0.05) is 11.6 Å². The van der Waals surface area contributed by atoms with Gasteiger partial charge in [-0.25, -0.2) is 0 Å². The fourth-order valence-electron chi connectivity index (χ4n) is 2.42. The number of carbonyl (C=O) groups excluding carboxylic acids is 2. The average Bonchev–Trinajstić information content (AvgIpc) is 3.18. The third-order valence-corrected chi connectivity index (χ3v) is 4.84. The molecule has 0 N–H and O–H groups in total. The van der Waals surface area contributed by atoms with Crippen LogP contribution in [0.4, 0.5) is 0 Å². The Balaban J connectivity index is 1.53. The number of thiophene rings is 1. The molecule has 0 radical (unpaired) electrons. The molecular weight excluding hydrogens is 324 g/mol. The van der Waals surface area contributed by atoms with E-state index in [-0.39, 0.29) is 11.8 Å². The number of nitrogens with zero attached hydrogens (tertiary/aromatic N) is 2. The summed E-state index contributed by atoms with van der Waals surface area (Å²) in [6, 6.07) is 7.02. The van der Waals surface area contributed by atoms with Crippen molar-refractivity contribution in [2.45, 2.75) is 6.42 Å². The molecule has 0 aromatic carbocycles. The molecule has 2 aromatic rings. The quantitative estimate of drug-likeness (QED) is 0.864. The van der Waals surface area contributed by atoms with Gasteiger partial charge in [0.25, 0.3) is 5.91 Å². The van der Waals surface area contributed by atoms with Crippen LogP contribution in [-0.4, -0.2) is 47.8 Å². The van der Waals surface area contributed by atoms with E-state index in [9.17, 15) is 9.59 Å². The Bertz CT molecular complexity index is 660. The van der Waals surface area contributed by atoms with Crippen molar-refractivity contribution < 1.29 is 14.0 Å². The van der Waals surface area contributed by atoms with Crippen molar-refractivity contribution in [3.63, 3.8) is 0 Å². The number of hydrogen-bond donors (Lipinski definition) is 0. The zero-order chi connectivity index (χ0) is 15.5. The van der Waals surface area contributed by atoms with Crippen LogP contribution in [0.3, 0.4) is 0 Å². The van der Waals surface area contributed by atoms with Gasteiger partial charge in [0, 0.05) is 31.1 Å². The monoisotopic (exact) mass is 338 g/mol. The third kappa shape index (κ3) is 3.34. The summed E-state index contributed by atoms with van der Waals surface area (Å²) in [5, 5.41) is 0. The van der Waals surface area contributed by atoms with Crippen molar-refractivity contribution in [3.05, 3.63) is 45.5 Å². The maximum atomic E-state index is 12.2. The lowest BCUT2D eigenvalue weighted by Crippen LogP contribution is -2.50. The van der Waals surface area contributed by atoms with Gasteiger partial charge >= 0.3 is 0 Å². The van der Waals surface area contributed by atoms with E-state index >= 15 is 0 Å². The van der Waals surface area contributed by atoms with Gasteiger partial charge in [0.2, 0.25) is 5.91 Å². The van der Waals surface area contributed by atoms with Gasteiger partial charge in [0.1, 0.15) is 0 Å². The molecule has 116 valence electrons. The van der Waals surface area contributed by atoms with Gasteiger partial charge in [-0.15, -0.1) is 11.3 Å². The molecule has 1 aliphatic rings. The summed E-state index contributed by atoms with van der Waals surface area (Å²) in [5.41, 5.74) is 0. The zero-order valence-electron chi connectivity index (χ0n) is 11.8. The molecule has 5 nitrogen and oxygen atoms in total. The Morgan fingerprint density at radius 2 is 1.86 bits per heavy atom. The number of piperazine rings is 1. The highest BCUT2D eigenvalue weighted by atomic mass is 35.5. The van der Waals surface area contributed by atoms with Crippen LogP contribution in [0.25, 0.3) is 0 Å². The zero-order valence-corrected chi connectivity index (χ0v) is 13.4. The van der Waals surface area contributed by atoms with Crippen molar-refractivity contribution in [1.82, 2.24) is 9.80 Å². The number of rotatable bonds is 3. The summed E-state index contributed by atoms with van der Waals surface area (Å²) in [5.74, 6) is 0.291. The summed E-state index contributed by atoms with van der Waals surface area (Å²) < 4.78 is 5.81. The first-order valence-electron chi connectivity index (χ1n) is 6.98. The van der Waals surface area contributed by atoms with Crippen molar-refractivity contribution in [1.29, 1.82) is 0 Å². The lowest BCUT2D eigenvalue weighted by molar-refractivity contribution is -0.131. The summed E-state index contributed by atoms with van der Waals surface area (Å²) in [7, 11) is 0. The van der Waals surface area contributed by atoms with Gasteiger partial charge in [-0.3, -0.25) is 9.59 Å². The van der Waals surface area contributed by atoms with Gasteiger partial charge in [0.05, 0.1) is 17.0 Å². The Hall–Kier alpha value is -1.79. The third-order valence-electron chi connectivity index (χ3n) is 3.61. The van der Waals surface area contributed by atoms with Crippen LogP contribution in [0.5, 0.6) is 0 Å². The molecule has 0 aliphatic carbocycles. The van der Waals surface area contributed by atoms with Gasteiger partial charge in [-0.2, -0.15) is 0 Å². The minimum Gasteiger partial charge on any atom is -0.459 e. The molecule has 1 aliphatic heterocycles. The van der Waals surface area contributed by atoms with Gasteiger partial charge in [0.15, 0.2) is 5.76 Å². The van der Waals surface area contributed by atoms with Crippen LogP contribution < -0.4 is 0 Å². The van der Waals surface area contributed by atoms with Crippen molar-refractivity contribution in [2.75, 3.05) is 26.2 Å². The first kappa shape index (κ1) is 15.1. The number of amides is 2. The van der Waals surface area contributed by atoms with E-state index < -0.39 is 0 Å². The molecule has 3 rings (SSSR count). The molecule has 3 heterocycles. The minimum atomic E-state index is -0.123. The lowest BCUT2D eigenvalue weighted by atomic mass is 10.2. The Kier molecular flexibility index (Phi) is 4.49. The molecule has 7 heteroatoms. The maximum absolute atomic E-state index is 12.2. The highest BCUT2D eigenvalue weighted by Crippen LogP contribution is 2.22. The minimum absolute atomic E-state index is 0.0728. The SMILES string of the molecule is O=C(Cc1ccc(Cl)s1)N1CCN(C(=O)c2ccco2)CC1. The summed E-state index contributed by atoms with van der Waals surface area (Å²) in [6.07, 6.45) is 1.85. The van der Waals surface area contributed by atoms with Gasteiger partial charge < -0.3 is 14.2 Å². The smallest absolute Gasteiger partial charge is 0.289 e. The molecular formula is C15H15ClN2O3S. The molecule has 0 unspecified atom stereocenters. The summed E-state index contributed by atoms with van der Waals surface area (Å²) in [4.78, 5) is 28.9. The van der Waals surface area contributed by atoms with E-state index in [0.29, 0.717) is 42.7 Å². The molecule has 0 bridgehead atoms. The Labute approximate surface area is 137 Å². The standard InChI is InChI=1S/C15H15ClN2O3S/c16-13-4-3-11(22-13)10-14(19)17-5-7-18(8-6-17)15(20)12-2-1-9-21-12/h1-4,9H,5-8,10H2. The lowest BCUT2D eigenvalue weighted by Gasteiger charge is -2.34. The highest BCUT2D eigenvalue weighted by Gasteiger charge is 2.26. The number of furan rings is 1. The van der Waals surface area contributed by atoms with E-state index in [2.05, 4.69) is 0 Å². The van der Waals surface area contributed by atoms with Crippen LogP contribution >= 0.6 is 22.9 Å². The van der Waals surface area contributed by atoms with E-state index in [1.165, 1.54) is 17.6 Å². The topological polar surface area (TPSA) is 53.8 Å². The van der Waals surface area contributed by atoms with Crippen LogP contribution in [0.1, 0.15) is 15.4 Å². The van der Waals surface area contributed by atoms with Crippen LogP contribution in [0.15, 0.2) is 34.9 Å². The molecule has 0 atom stereocenters. The summed E-state index contributed by atoms with van der Waals surface area (Å²) >= 11 is 7.30. The van der Waals surface area contributed by atoms with E-state index in [1.54, 1.807) is 28.0 Å².